The van der Waals surface area contributed by atoms with Crippen molar-refractivity contribution >= 4 is 0 Å². The van der Waals surface area contributed by atoms with Gasteiger partial charge in [0.15, 0.2) is 0 Å². The summed E-state index contributed by atoms with van der Waals surface area (Å²) in [5, 5.41) is 21.9. The summed E-state index contributed by atoms with van der Waals surface area (Å²) in [6.07, 6.45) is 20.7. The van der Waals surface area contributed by atoms with Gasteiger partial charge in [0.2, 0.25) is 0 Å². The highest BCUT2D eigenvalue weighted by molar-refractivity contribution is 5.25. The molecule has 4 aliphatic carbocycles. The van der Waals surface area contributed by atoms with Crippen LogP contribution in [0.1, 0.15) is 124 Å². The lowest BCUT2D eigenvalue weighted by atomic mass is 9.46. The molecule has 8 atom stereocenters. The highest BCUT2D eigenvalue weighted by atomic mass is 16.3. The lowest BCUT2D eigenvalue weighted by Gasteiger charge is -2.59. The summed E-state index contributed by atoms with van der Waals surface area (Å²) in [4.78, 5) is 0. The van der Waals surface area contributed by atoms with Crippen molar-refractivity contribution in [3.63, 3.8) is 0 Å². The molecule has 0 unspecified atom stereocenters. The normalized spacial score (nSPS) is 44.1. The molecule has 178 valence electrons. The van der Waals surface area contributed by atoms with Gasteiger partial charge in [-0.2, -0.15) is 0 Å². The second-order valence-corrected chi connectivity index (χ2v) is 12.7. The zero-order valence-corrected chi connectivity index (χ0v) is 21.0. The Morgan fingerprint density at radius 3 is 2.48 bits per heavy atom. The molecule has 0 saturated heterocycles. The average Bonchev–Trinajstić information content (AvgIpc) is 3.09. The maximum atomic E-state index is 11.6. The molecule has 2 N–H and O–H groups in total. The van der Waals surface area contributed by atoms with Gasteiger partial charge in [-0.05, 0) is 99.2 Å². The molecule has 2 nitrogen and oxygen atoms in total. The zero-order valence-electron chi connectivity index (χ0n) is 21.0. The molecule has 0 amide bonds. The summed E-state index contributed by atoms with van der Waals surface area (Å²) < 4.78 is 0. The first kappa shape index (κ1) is 23.8. The van der Waals surface area contributed by atoms with E-state index in [4.69, 9.17) is 0 Å². The number of hydrogen-bond donors (Lipinski definition) is 2. The van der Waals surface area contributed by atoms with Crippen molar-refractivity contribution in [2.75, 3.05) is 0 Å². The van der Waals surface area contributed by atoms with Crippen LogP contribution < -0.4 is 0 Å². The summed E-state index contributed by atoms with van der Waals surface area (Å²) in [7, 11) is 0. The lowest BCUT2D eigenvalue weighted by Crippen LogP contribution is -2.53. The Labute approximate surface area is 192 Å². The molecular formula is C29H50O2. The predicted molar refractivity (Wildman–Crippen MR) is 130 cm³/mol. The highest BCUT2D eigenvalue weighted by Gasteiger charge is 2.61. The standard InChI is InChI=1S/C29H50O2/c1-5-6-7-8-9-10-17-29(4,31)26-14-13-24-23-12-11-21-20-22(30)15-18-27(21,2)25(23)16-19-28(24,26)3/h11,22-26,30-31H,5-10,12-20H2,1-4H3/t22-,23-,24-,25-,26-,27-,28-,29+/m0/s1. The van der Waals surface area contributed by atoms with Crippen LogP contribution in [0.5, 0.6) is 0 Å². The van der Waals surface area contributed by atoms with E-state index in [0.29, 0.717) is 16.7 Å². The SMILES string of the molecule is CCCCCCCC[C@@](C)(O)[C@H]1CC[C@H]2[C@@H]3CC=C4C[C@@H](O)CC[C@]4(C)[C@H]3CC[C@@]21C. The maximum absolute atomic E-state index is 11.6. The second-order valence-electron chi connectivity index (χ2n) is 12.7. The minimum absolute atomic E-state index is 0.113. The predicted octanol–water partition coefficient (Wildman–Crippen LogP) is 7.43. The van der Waals surface area contributed by atoms with E-state index in [2.05, 4.69) is 33.8 Å². The molecule has 4 rings (SSSR count). The molecule has 0 heterocycles. The van der Waals surface area contributed by atoms with Crippen molar-refractivity contribution in [2.45, 2.75) is 136 Å². The van der Waals surface area contributed by atoms with E-state index in [9.17, 15) is 10.2 Å². The molecule has 2 heteroatoms. The molecule has 0 bridgehead atoms. The number of rotatable bonds is 8. The van der Waals surface area contributed by atoms with E-state index in [0.717, 1.165) is 37.0 Å². The molecule has 3 saturated carbocycles. The second kappa shape index (κ2) is 9.13. The molecule has 0 spiro atoms. The Bertz CT molecular complexity index is 651. The summed E-state index contributed by atoms with van der Waals surface area (Å²) in [6.45, 7) is 9.52. The summed E-state index contributed by atoms with van der Waals surface area (Å²) in [6, 6.07) is 0. The van der Waals surface area contributed by atoms with Crippen LogP contribution in [0.4, 0.5) is 0 Å². The Kier molecular flexibility index (Phi) is 7.01. The van der Waals surface area contributed by atoms with Gasteiger partial charge in [-0.3, -0.25) is 0 Å². The fraction of sp³-hybridized carbons (Fsp3) is 0.931. The third kappa shape index (κ3) is 4.30. The zero-order chi connectivity index (χ0) is 22.3. The highest BCUT2D eigenvalue weighted by Crippen LogP contribution is 2.67. The topological polar surface area (TPSA) is 40.5 Å². The minimum atomic E-state index is -0.504. The van der Waals surface area contributed by atoms with Gasteiger partial charge in [-0.15, -0.1) is 0 Å². The molecule has 0 radical (unpaired) electrons. The van der Waals surface area contributed by atoms with Crippen molar-refractivity contribution in [3.05, 3.63) is 11.6 Å². The Morgan fingerprint density at radius 2 is 1.71 bits per heavy atom. The molecule has 4 aliphatic rings. The van der Waals surface area contributed by atoms with Gasteiger partial charge in [0, 0.05) is 0 Å². The van der Waals surface area contributed by atoms with Crippen LogP contribution in [0.15, 0.2) is 11.6 Å². The Morgan fingerprint density at radius 1 is 0.968 bits per heavy atom. The van der Waals surface area contributed by atoms with Crippen molar-refractivity contribution in [1.82, 2.24) is 0 Å². The van der Waals surface area contributed by atoms with Gasteiger partial charge in [0.25, 0.3) is 0 Å². The quantitative estimate of drug-likeness (QED) is 0.310. The average molecular weight is 431 g/mol. The van der Waals surface area contributed by atoms with E-state index in [1.807, 2.05) is 0 Å². The van der Waals surface area contributed by atoms with E-state index in [1.165, 1.54) is 77.0 Å². The van der Waals surface area contributed by atoms with Gasteiger partial charge < -0.3 is 10.2 Å². The third-order valence-electron chi connectivity index (χ3n) is 10.9. The molecule has 0 aromatic carbocycles. The van der Waals surface area contributed by atoms with E-state index in [-0.39, 0.29) is 6.10 Å². The van der Waals surface area contributed by atoms with E-state index >= 15 is 0 Å². The van der Waals surface area contributed by atoms with E-state index < -0.39 is 5.60 Å². The van der Waals surface area contributed by atoms with Crippen molar-refractivity contribution in [2.24, 2.45) is 34.5 Å². The Balaban J connectivity index is 1.43. The number of hydrogen-bond acceptors (Lipinski definition) is 2. The van der Waals surface area contributed by atoms with Crippen LogP contribution >= 0.6 is 0 Å². The summed E-state index contributed by atoms with van der Waals surface area (Å²) >= 11 is 0. The van der Waals surface area contributed by atoms with Crippen molar-refractivity contribution in [1.29, 1.82) is 0 Å². The number of aliphatic hydroxyl groups excluding tert-OH is 1. The lowest BCUT2D eigenvalue weighted by molar-refractivity contribution is -0.105. The van der Waals surface area contributed by atoms with E-state index in [1.54, 1.807) is 5.57 Å². The monoisotopic (exact) mass is 430 g/mol. The van der Waals surface area contributed by atoms with Crippen molar-refractivity contribution < 1.29 is 10.2 Å². The van der Waals surface area contributed by atoms with Gasteiger partial charge in [0.1, 0.15) is 0 Å². The minimum Gasteiger partial charge on any atom is -0.393 e. The number of aliphatic hydroxyl groups is 2. The molecule has 31 heavy (non-hydrogen) atoms. The van der Waals surface area contributed by atoms with Crippen LogP contribution in [0, 0.1) is 34.5 Å². The molecule has 3 fully saturated rings. The molecule has 0 aromatic rings. The van der Waals surface area contributed by atoms with Crippen LogP contribution in [0.2, 0.25) is 0 Å². The van der Waals surface area contributed by atoms with Gasteiger partial charge >= 0.3 is 0 Å². The fourth-order valence-corrected chi connectivity index (χ4v) is 9.10. The van der Waals surface area contributed by atoms with Gasteiger partial charge in [-0.1, -0.05) is 70.9 Å². The van der Waals surface area contributed by atoms with Crippen molar-refractivity contribution in [3.8, 4) is 0 Å². The fourth-order valence-electron chi connectivity index (χ4n) is 9.10. The number of allylic oxidation sites excluding steroid dienone is 1. The summed E-state index contributed by atoms with van der Waals surface area (Å²) in [5.74, 6) is 2.82. The third-order valence-corrected chi connectivity index (χ3v) is 10.9. The first-order valence-corrected chi connectivity index (χ1v) is 13.8. The van der Waals surface area contributed by atoms with Crippen LogP contribution in [-0.4, -0.2) is 21.9 Å². The van der Waals surface area contributed by atoms with Gasteiger partial charge in [-0.25, -0.2) is 0 Å². The number of fused-ring (bicyclic) bond motifs is 5. The largest absolute Gasteiger partial charge is 0.393 e. The first-order valence-electron chi connectivity index (χ1n) is 13.8. The smallest absolute Gasteiger partial charge is 0.0653 e. The molecule has 0 aliphatic heterocycles. The van der Waals surface area contributed by atoms with Crippen LogP contribution in [-0.2, 0) is 0 Å². The summed E-state index contributed by atoms with van der Waals surface area (Å²) in [5.41, 5.74) is 1.70. The van der Waals surface area contributed by atoms with Gasteiger partial charge in [0.05, 0.1) is 11.7 Å². The Hall–Kier alpha value is -0.340. The van der Waals surface area contributed by atoms with Crippen LogP contribution in [0.3, 0.4) is 0 Å². The first-order chi connectivity index (χ1) is 14.7. The number of unbranched alkanes of at least 4 members (excludes halogenated alkanes) is 5. The molecular weight excluding hydrogens is 380 g/mol. The molecule has 0 aromatic heterocycles. The van der Waals surface area contributed by atoms with Crippen LogP contribution in [0.25, 0.3) is 0 Å². The maximum Gasteiger partial charge on any atom is 0.0653 e.